The summed E-state index contributed by atoms with van der Waals surface area (Å²) in [7, 11) is 0. The lowest BCUT2D eigenvalue weighted by Gasteiger charge is -2.27. The van der Waals surface area contributed by atoms with Gasteiger partial charge in [0.25, 0.3) is 5.56 Å². The van der Waals surface area contributed by atoms with E-state index < -0.39 is 11.6 Å². The number of amides is 1. The topological polar surface area (TPSA) is 42.3 Å². The van der Waals surface area contributed by atoms with E-state index in [1.807, 2.05) is 0 Å². The maximum atomic E-state index is 14.9. The highest BCUT2D eigenvalue weighted by Crippen LogP contribution is 2.45. The Hall–Kier alpha value is -3.02. The highest BCUT2D eigenvalue weighted by Gasteiger charge is 2.45. The number of halogens is 2. The molecule has 1 aromatic heterocycles. The SMILES string of the molecule is O=C1CCCCN1c1ccc2cc3n(c(=O)c2c1)C(F)(F)c1ccccc1-3. The van der Waals surface area contributed by atoms with E-state index in [-0.39, 0.29) is 22.6 Å². The fourth-order valence-electron chi connectivity index (χ4n) is 4.11. The van der Waals surface area contributed by atoms with Gasteiger partial charge in [-0.25, -0.2) is 4.57 Å². The third kappa shape index (κ3) is 2.19. The second-order valence-corrected chi connectivity index (χ2v) is 7.03. The fourth-order valence-corrected chi connectivity index (χ4v) is 4.11. The first-order valence-electron chi connectivity index (χ1n) is 8.97. The van der Waals surface area contributed by atoms with Crippen molar-refractivity contribution in [3.63, 3.8) is 0 Å². The average molecular weight is 366 g/mol. The third-order valence-electron chi connectivity index (χ3n) is 5.45. The number of hydrogen-bond acceptors (Lipinski definition) is 2. The molecule has 0 bridgehead atoms. The Labute approximate surface area is 153 Å². The first kappa shape index (κ1) is 16.2. The lowest BCUT2D eigenvalue weighted by Crippen LogP contribution is -2.35. The highest BCUT2D eigenvalue weighted by atomic mass is 19.3. The first-order chi connectivity index (χ1) is 13.0. The van der Waals surface area contributed by atoms with Crippen LogP contribution in [0.5, 0.6) is 0 Å². The predicted molar refractivity (Wildman–Crippen MR) is 99.1 cm³/mol. The van der Waals surface area contributed by atoms with Gasteiger partial charge < -0.3 is 4.90 Å². The van der Waals surface area contributed by atoms with Crippen molar-refractivity contribution in [1.82, 2.24) is 4.57 Å². The van der Waals surface area contributed by atoms with Crippen LogP contribution in [0.15, 0.2) is 53.3 Å². The zero-order valence-electron chi connectivity index (χ0n) is 14.4. The van der Waals surface area contributed by atoms with Crippen LogP contribution < -0.4 is 10.5 Å². The first-order valence-corrected chi connectivity index (χ1v) is 8.97. The Bertz CT molecular complexity index is 1170. The van der Waals surface area contributed by atoms with E-state index >= 15 is 0 Å². The molecule has 0 N–H and O–H groups in total. The van der Waals surface area contributed by atoms with Gasteiger partial charge in [0.15, 0.2) is 0 Å². The van der Waals surface area contributed by atoms with Crippen LogP contribution in [0.1, 0.15) is 24.8 Å². The molecule has 0 aliphatic carbocycles. The summed E-state index contributed by atoms with van der Waals surface area (Å²) < 4.78 is 30.4. The van der Waals surface area contributed by atoms with Crippen molar-refractivity contribution in [3.05, 3.63) is 64.4 Å². The van der Waals surface area contributed by atoms with E-state index in [0.717, 1.165) is 12.8 Å². The van der Waals surface area contributed by atoms with Gasteiger partial charge in [0, 0.05) is 29.6 Å². The number of hydrogen-bond donors (Lipinski definition) is 0. The molecule has 0 saturated carbocycles. The monoisotopic (exact) mass is 366 g/mol. The Morgan fingerprint density at radius 1 is 0.963 bits per heavy atom. The number of benzene rings is 2. The lowest BCUT2D eigenvalue weighted by atomic mass is 10.0. The standard InChI is InChI=1S/C21H16F2N2O2/c22-21(23)17-6-2-1-5-15(17)18-11-13-8-9-14(12-16(13)20(27)25(18)21)24-10-4-3-7-19(24)26/h1-2,5-6,8-9,11-12H,3-4,7,10H2. The van der Waals surface area contributed by atoms with Crippen molar-refractivity contribution in [3.8, 4) is 11.3 Å². The Morgan fingerprint density at radius 3 is 2.59 bits per heavy atom. The minimum absolute atomic E-state index is 0.000373. The zero-order chi connectivity index (χ0) is 18.8. The molecule has 0 radical (unpaired) electrons. The minimum Gasteiger partial charge on any atom is -0.312 e. The maximum Gasteiger partial charge on any atom is 0.359 e. The summed E-state index contributed by atoms with van der Waals surface area (Å²) in [5.74, 6) is -0.000373. The van der Waals surface area contributed by atoms with Gasteiger partial charge in [-0.1, -0.05) is 30.3 Å². The van der Waals surface area contributed by atoms with E-state index in [2.05, 4.69) is 0 Å². The smallest absolute Gasteiger partial charge is 0.312 e. The van der Waals surface area contributed by atoms with Crippen LogP contribution in [0.2, 0.25) is 0 Å². The van der Waals surface area contributed by atoms with Crippen molar-refractivity contribution in [2.45, 2.75) is 25.3 Å². The van der Waals surface area contributed by atoms with Crippen LogP contribution in [-0.4, -0.2) is 17.0 Å². The minimum atomic E-state index is -3.39. The molecule has 1 saturated heterocycles. The molecule has 2 aliphatic rings. The molecule has 0 unspecified atom stereocenters. The fraction of sp³-hybridized carbons (Fsp3) is 0.238. The van der Waals surface area contributed by atoms with Gasteiger partial charge >= 0.3 is 6.05 Å². The number of carbonyl (C=O) groups is 1. The second-order valence-electron chi connectivity index (χ2n) is 7.03. The lowest BCUT2D eigenvalue weighted by molar-refractivity contribution is -0.119. The second kappa shape index (κ2) is 5.49. The molecule has 3 aromatic rings. The summed E-state index contributed by atoms with van der Waals surface area (Å²) in [5.41, 5.74) is 0.272. The van der Waals surface area contributed by atoms with Crippen molar-refractivity contribution >= 4 is 22.4 Å². The number of rotatable bonds is 1. The summed E-state index contributed by atoms with van der Waals surface area (Å²) in [6, 6.07) is 9.49. The van der Waals surface area contributed by atoms with Crippen molar-refractivity contribution in [2.75, 3.05) is 11.4 Å². The summed E-state index contributed by atoms with van der Waals surface area (Å²) in [5, 5.41) is 0.786. The number of aromatic nitrogens is 1. The molecular weight excluding hydrogens is 350 g/mol. The van der Waals surface area contributed by atoms with Crippen LogP contribution in [0.3, 0.4) is 0 Å². The van der Waals surface area contributed by atoms with Crippen molar-refractivity contribution < 1.29 is 13.6 Å². The number of pyridine rings is 1. The van der Waals surface area contributed by atoms with Crippen LogP contribution in [0.4, 0.5) is 14.5 Å². The molecule has 6 heteroatoms. The Balaban J connectivity index is 1.75. The number of alkyl halides is 2. The van der Waals surface area contributed by atoms with E-state index in [1.54, 1.807) is 47.4 Å². The average Bonchev–Trinajstić information content (AvgIpc) is 2.90. The summed E-state index contributed by atoms with van der Waals surface area (Å²) in [6.07, 6.45) is 2.21. The highest BCUT2D eigenvalue weighted by molar-refractivity contribution is 5.97. The van der Waals surface area contributed by atoms with E-state index in [0.29, 0.717) is 34.2 Å². The van der Waals surface area contributed by atoms with Crippen molar-refractivity contribution in [1.29, 1.82) is 0 Å². The van der Waals surface area contributed by atoms with Crippen LogP contribution in [-0.2, 0) is 10.8 Å². The van der Waals surface area contributed by atoms with Crippen LogP contribution in [0, 0.1) is 0 Å². The molecule has 136 valence electrons. The van der Waals surface area contributed by atoms with Crippen LogP contribution in [0.25, 0.3) is 22.0 Å². The van der Waals surface area contributed by atoms with Gasteiger partial charge in [0.2, 0.25) is 5.91 Å². The number of nitrogens with zero attached hydrogens (tertiary/aromatic N) is 2. The van der Waals surface area contributed by atoms with E-state index in [9.17, 15) is 18.4 Å². The largest absolute Gasteiger partial charge is 0.359 e. The van der Waals surface area contributed by atoms with E-state index in [4.69, 9.17) is 0 Å². The van der Waals surface area contributed by atoms with Gasteiger partial charge in [-0.15, -0.1) is 0 Å². The van der Waals surface area contributed by atoms with Gasteiger partial charge in [0.05, 0.1) is 11.3 Å². The predicted octanol–water partition coefficient (Wildman–Crippen LogP) is 4.10. The van der Waals surface area contributed by atoms with Crippen LogP contribution >= 0.6 is 0 Å². The van der Waals surface area contributed by atoms with Crippen molar-refractivity contribution in [2.24, 2.45) is 0 Å². The van der Waals surface area contributed by atoms with Gasteiger partial charge in [0.1, 0.15) is 0 Å². The molecule has 3 heterocycles. The molecule has 27 heavy (non-hydrogen) atoms. The molecule has 1 amide bonds. The molecule has 1 fully saturated rings. The molecule has 0 atom stereocenters. The summed E-state index contributed by atoms with van der Waals surface area (Å²) >= 11 is 0. The molecule has 4 nitrogen and oxygen atoms in total. The number of anilines is 1. The maximum absolute atomic E-state index is 14.9. The Morgan fingerprint density at radius 2 is 1.78 bits per heavy atom. The van der Waals surface area contributed by atoms with Gasteiger partial charge in [-0.3, -0.25) is 9.59 Å². The molecule has 2 aliphatic heterocycles. The molecular formula is C21H16F2N2O2. The summed E-state index contributed by atoms with van der Waals surface area (Å²) in [6.45, 7) is 0.582. The quantitative estimate of drug-likeness (QED) is 0.651. The number of fused-ring (bicyclic) bond motifs is 4. The number of piperidine rings is 1. The molecule has 0 spiro atoms. The van der Waals surface area contributed by atoms with Gasteiger partial charge in [-0.05, 0) is 36.4 Å². The normalized spacial score (nSPS) is 17.9. The van der Waals surface area contributed by atoms with Gasteiger partial charge in [-0.2, -0.15) is 8.78 Å². The number of carbonyl (C=O) groups excluding carboxylic acids is 1. The molecule has 5 rings (SSSR count). The van der Waals surface area contributed by atoms with E-state index in [1.165, 1.54) is 6.07 Å². The summed E-state index contributed by atoms with van der Waals surface area (Å²) in [4.78, 5) is 26.8. The zero-order valence-corrected chi connectivity index (χ0v) is 14.4. The molecule has 2 aromatic carbocycles. The third-order valence-corrected chi connectivity index (χ3v) is 5.45. The Kier molecular flexibility index (Phi) is 3.29.